The monoisotopic (exact) mass is 258 g/mol. The lowest BCUT2D eigenvalue weighted by molar-refractivity contribution is 1.09. The van der Waals surface area contributed by atoms with Crippen LogP contribution in [-0.4, -0.2) is 20.2 Å². The second kappa shape index (κ2) is 4.63. The van der Waals surface area contributed by atoms with E-state index in [0.29, 0.717) is 11.6 Å². The number of aromatic amines is 1. The lowest BCUT2D eigenvalue weighted by Gasteiger charge is -2.05. The molecule has 0 fully saturated rings. The first-order valence-corrected chi connectivity index (χ1v) is 6.13. The van der Waals surface area contributed by atoms with Crippen LogP contribution in [0.2, 0.25) is 0 Å². The Morgan fingerprint density at radius 3 is 3.11 bits per heavy atom. The zero-order valence-corrected chi connectivity index (χ0v) is 10.1. The van der Waals surface area contributed by atoms with E-state index in [1.165, 1.54) is 11.9 Å². The Bertz CT molecular complexity index is 680. The van der Waals surface area contributed by atoms with E-state index < -0.39 is 0 Å². The summed E-state index contributed by atoms with van der Waals surface area (Å²) in [5.74, 6) is 0.519. The van der Waals surface area contributed by atoms with E-state index in [0.717, 1.165) is 16.0 Å². The Morgan fingerprint density at radius 1 is 1.28 bits per heavy atom. The SMILES string of the molecule is NSc1cccc(Nc2ncc3cn[nH]c3n2)c1. The lowest BCUT2D eigenvalue weighted by Crippen LogP contribution is -1.97. The van der Waals surface area contributed by atoms with Gasteiger partial charge < -0.3 is 5.32 Å². The van der Waals surface area contributed by atoms with Gasteiger partial charge in [-0.05, 0) is 30.1 Å². The lowest BCUT2D eigenvalue weighted by atomic mass is 10.3. The van der Waals surface area contributed by atoms with Crippen molar-refractivity contribution < 1.29 is 0 Å². The second-order valence-corrected chi connectivity index (χ2v) is 4.35. The van der Waals surface area contributed by atoms with Crippen molar-refractivity contribution in [1.82, 2.24) is 20.2 Å². The number of nitrogens with one attached hydrogen (secondary N) is 2. The average Bonchev–Trinajstić information content (AvgIpc) is 2.86. The molecule has 3 aromatic rings. The third kappa shape index (κ3) is 2.13. The molecule has 0 saturated carbocycles. The van der Waals surface area contributed by atoms with Crippen molar-refractivity contribution in [2.75, 3.05) is 5.32 Å². The number of nitrogens with zero attached hydrogens (tertiary/aromatic N) is 3. The molecule has 0 aliphatic carbocycles. The molecular weight excluding hydrogens is 248 g/mol. The highest BCUT2D eigenvalue weighted by molar-refractivity contribution is 7.97. The summed E-state index contributed by atoms with van der Waals surface area (Å²) in [7, 11) is 0. The van der Waals surface area contributed by atoms with Gasteiger partial charge in [-0.3, -0.25) is 10.2 Å². The highest BCUT2D eigenvalue weighted by Crippen LogP contribution is 2.20. The number of hydrogen-bond donors (Lipinski definition) is 3. The molecule has 0 amide bonds. The molecule has 1 aromatic carbocycles. The minimum absolute atomic E-state index is 0.519. The predicted molar refractivity (Wildman–Crippen MR) is 71.5 cm³/mol. The largest absolute Gasteiger partial charge is 0.324 e. The van der Waals surface area contributed by atoms with Crippen LogP contribution in [0.3, 0.4) is 0 Å². The van der Waals surface area contributed by atoms with Gasteiger partial charge in [-0.2, -0.15) is 10.1 Å². The van der Waals surface area contributed by atoms with Gasteiger partial charge in [0.25, 0.3) is 0 Å². The maximum absolute atomic E-state index is 5.52. The number of rotatable bonds is 3. The number of hydrogen-bond acceptors (Lipinski definition) is 6. The van der Waals surface area contributed by atoms with Crippen LogP contribution in [0, 0.1) is 0 Å². The van der Waals surface area contributed by atoms with Crippen LogP contribution < -0.4 is 10.5 Å². The fraction of sp³-hybridized carbons (Fsp3) is 0. The molecular formula is C11H10N6S. The summed E-state index contributed by atoms with van der Waals surface area (Å²) in [6, 6.07) is 7.73. The predicted octanol–water partition coefficient (Wildman–Crippen LogP) is 2.06. The Kier molecular flexibility index (Phi) is 2.83. The van der Waals surface area contributed by atoms with E-state index in [-0.39, 0.29) is 0 Å². The van der Waals surface area contributed by atoms with E-state index in [4.69, 9.17) is 5.14 Å². The van der Waals surface area contributed by atoms with Gasteiger partial charge in [-0.25, -0.2) is 4.98 Å². The van der Waals surface area contributed by atoms with E-state index in [9.17, 15) is 0 Å². The zero-order valence-electron chi connectivity index (χ0n) is 9.29. The molecule has 0 aliphatic rings. The standard InChI is InChI=1S/C11H10N6S/c12-18-9-3-1-2-8(4-9)15-11-13-5-7-6-14-17-10(7)16-11/h1-6H,12H2,(H2,13,14,15,16,17). The maximum atomic E-state index is 5.52. The van der Waals surface area contributed by atoms with Crippen molar-refractivity contribution in [2.45, 2.75) is 4.90 Å². The number of anilines is 2. The molecule has 0 bridgehead atoms. The number of H-pyrrole nitrogens is 1. The van der Waals surface area contributed by atoms with E-state index >= 15 is 0 Å². The van der Waals surface area contributed by atoms with Crippen molar-refractivity contribution in [3.05, 3.63) is 36.7 Å². The van der Waals surface area contributed by atoms with Crippen LogP contribution in [0.1, 0.15) is 0 Å². The van der Waals surface area contributed by atoms with Crippen LogP contribution in [0.15, 0.2) is 41.6 Å². The van der Waals surface area contributed by atoms with Crippen LogP contribution in [0.5, 0.6) is 0 Å². The molecule has 2 heterocycles. The Hall–Kier alpha value is -2.12. The van der Waals surface area contributed by atoms with E-state index in [2.05, 4.69) is 25.5 Å². The summed E-state index contributed by atoms with van der Waals surface area (Å²) in [5.41, 5.74) is 1.60. The summed E-state index contributed by atoms with van der Waals surface area (Å²) in [4.78, 5) is 9.49. The number of aromatic nitrogens is 4. The summed E-state index contributed by atoms with van der Waals surface area (Å²) in [5, 5.41) is 16.2. The van der Waals surface area contributed by atoms with Crippen molar-refractivity contribution in [3.63, 3.8) is 0 Å². The molecule has 0 radical (unpaired) electrons. The number of nitrogens with two attached hydrogens (primary N) is 1. The minimum atomic E-state index is 0.519. The van der Waals surface area contributed by atoms with Gasteiger partial charge in [-0.15, -0.1) is 0 Å². The zero-order chi connectivity index (χ0) is 12.4. The topological polar surface area (TPSA) is 92.5 Å². The third-order valence-electron chi connectivity index (χ3n) is 2.42. The first-order valence-electron chi connectivity index (χ1n) is 5.25. The molecule has 0 saturated heterocycles. The first kappa shape index (κ1) is 11.0. The molecule has 90 valence electrons. The van der Waals surface area contributed by atoms with Crippen molar-refractivity contribution >= 4 is 34.6 Å². The summed E-state index contributed by atoms with van der Waals surface area (Å²) in [6.07, 6.45) is 3.40. The van der Waals surface area contributed by atoms with Gasteiger partial charge >= 0.3 is 0 Å². The Balaban J connectivity index is 1.90. The third-order valence-corrected chi connectivity index (χ3v) is 2.94. The molecule has 4 N–H and O–H groups in total. The second-order valence-electron chi connectivity index (χ2n) is 3.64. The molecule has 18 heavy (non-hydrogen) atoms. The first-order chi connectivity index (χ1) is 8.85. The van der Waals surface area contributed by atoms with Crippen molar-refractivity contribution in [1.29, 1.82) is 0 Å². The Labute approximate surface area is 107 Å². The molecule has 6 nitrogen and oxygen atoms in total. The highest BCUT2D eigenvalue weighted by atomic mass is 32.2. The molecule has 7 heteroatoms. The summed E-state index contributed by atoms with van der Waals surface area (Å²) in [6.45, 7) is 0. The van der Waals surface area contributed by atoms with Crippen LogP contribution in [0.25, 0.3) is 11.0 Å². The summed E-state index contributed by atoms with van der Waals surface area (Å²) >= 11 is 1.20. The maximum Gasteiger partial charge on any atom is 0.229 e. The molecule has 3 rings (SSSR count). The molecule has 2 aromatic heterocycles. The Morgan fingerprint density at radius 2 is 2.22 bits per heavy atom. The van der Waals surface area contributed by atoms with E-state index in [1.54, 1.807) is 12.4 Å². The van der Waals surface area contributed by atoms with Gasteiger partial charge in [-0.1, -0.05) is 6.07 Å². The molecule has 0 aliphatic heterocycles. The van der Waals surface area contributed by atoms with Gasteiger partial charge in [0.1, 0.15) is 0 Å². The normalized spacial score (nSPS) is 10.7. The van der Waals surface area contributed by atoms with Crippen LogP contribution >= 0.6 is 11.9 Å². The highest BCUT2D eigenvalue weighted by Gasteiger charge is 2.02. The number of fused-ring (bicyclic) bond motifs is 1. The summed E-state index contributed by atoms with van der Waals surface area (Å²) < 4.78 is 0. The smallest absolute Gasteiger partial charge is 0.229 e. The van der Waals surface area contributed by atoms with Crippen molar-refractivity contribution in [2.24, 2.45) is 5.14 Å². The van der Waals surface area contributed by atoms with E-state index in [1.807, 2.05) is 24.3 Å². The number of benzene rings is 1. The van der Waals surface area contributed by atoms with Crippen LogP contribution in [0.4, 0.5) is 11.6 Å². The minimum Gasteiger partial charge on any atom is -0.324 e. The molecule has 0 atom stereocenters. The molecule has 0 unspecified atom stereocenters. The fourth-order valence-corrected chi connectivity index (χ4v) is 1.93. The fourth-order valence-electron chi connectivity index (χ4n) is 1.57. The van der Waals surface area contributed by atoms with Crippen LogP contribution in [-0.2, 0) is 0 Å². The van der Waals surface area contributed by atoms with Gasteiger partial charge in [0.2, 0.25) is 5.95 Å². The quantitative estimate of drug-likeness (QED) is 0.623. The van der Waals surface area contributed by atoms with Gasteiger partial charge in [0.15, 0.2) is 5.65 Å². The average molecular weight is 258 g/mol. The molecule has 0 spiro atoms. The van der Waals surface area contributed by atoms with Gasteiger partial charge in [0.05, 0.1) is 11.6 Å². The van der Waals surface area contributed by atoms with Crippen molar-refractivity contribution in [3.8, 4) is 0 Å². The van der Waals surface area contributed by atoms with Gasteiger partial charge in [0, 0.05) is 16.8 Å².